The third-order valence-corrected chi connectivity index (χ3v) is 1.59. The predicted octanol–water partition coefficient (Wildman–Crippen LogP) is 0.775. The second-order valence-corrected chi connectivity index (χ2v) is 4.12. The van der Waals surface area contributed by atoms with Crippen molar-refractivity contribution < 1.29 is 9.28 Å². The zero-order chi connectivity index (χ0) is 10.3. The van der Waals surface area contributed by atoms with Crippen LogP contribution in [0.4, 0.5) is 0 Å². The number of carbonyl (C=O) groups excluding carboxylic acids is 1. The van der Waals surface area contributed by atoms with E-state index in [1.165, 1.54) is 0 Å². The average molecular weight is 185 g/mol. The van der Waals surface area contributed by atoms with E-state index in [2.05, 4.69) is 26.5 Å². The van der Waals surface area contributed by atoms with Gasteiger partial charge in [0.1, 0.15) is 0 Å². The molecule has 0 atom stereocenters. The fourth-order valence-corrected chi connectivity index (χ4v) is 0.798. The molecular weight excluding hydrogens is 164 g/mol. The summed E-state index contributed by atoms with van der Waals surface area (Å²) in [7, 11) is 6.32. The molecule has 0 saturated carbocycles. The minimum Gasteiger partial charge on any atom is -0.347 e. The maximum Gasteiger partial charge on any atom is 0.243 e. The summed E-state index contributed by atoms with van der Waals surface area (Å²) in [5, 5.41) is 2.83. The SMILES string of the molecule is CCC=CC(=O)NCC[N+](C)(C)C. The van der Waals surface area contributed by atoms with E-state index in [1.54, 1.807) is 6.08 Å². The molecule has 0 saturated heterocycles. The molecule has 0 spiro atoms. The summed E-state index contributed by atoms with van der Waals surface area (Å²) in [6, 6.07) is 0. The molecule has 0 aliphatic rings. The van der Waals surface area contributed by atoms with Crippen molar-refractivity contribution in [2.24, 2.45) is 0 Å². The molecule has 0 unspecified atom stereocenters. The van der Waals surface area contributed by atoms with Gasteiger partial charge < -0.3 is 9.80 Å². The Morgan fingerprint density at radius 2 is 2.00 bits per heavy atom. The second kappa shape index (κ2) is 5.75. The van der Waals surface area contributed by atoms with Crippen LogP contribution < -0.4 is 5.32 Å². The van der Waals surface area contributed by atoms with Crippen LogP contribution in [0, 0.1) is 0 Å². The average Bonchev–Trinajstić information content (AvgIpc) is 1.98. The van der Waals surface area contributed by atoms with Gasteiger partial charge in [-0.25, -0.2) is 0 Å². The minimum absolute atomic E-state index is 0.00954. The number of allylic oxidation sites excluding steroid dienone is 1. The number of nitrogens with zero attached hydrogens (tertiary/aromatic N) is 1. The summed E-state index contributed by atoms with van der Waals surface area (Å²) < 4.78 is 0.873. The first-order valence-electron chi connectivity index (χ1n) is 4.70. The maximum atomic E-state index is 11.1. The Hall–Kier alpha value is -0.830. The van der Waals surface area contributed by atoms with Crippen LogP contribution in [0.1, 0.15) is 13.3 Å². The van der Waals surface area contributed by atoms with Crippen molar-refractivity contribution in [2.75, 3.05) is 34.2 Å². The molecule has 0 fully saturated rings. The van der Waals surface area contributed by atoms with Crippen LogP contribution in [-0.4, -0.2) is 44.6 Å². The molecule has 0 aromatic rings. The Bertz CT molecular complexity index is 180. The van der Waals surface area contributed by atoms with Gasteiger partial charge in [-0.05, 0) is 12.5 Å². The van der Waals surface area contributed by atoms with E-state index in [0.717, 1.165) is 24.0 Å². The Morgan fingerprint density at radius 1 is 1.38 bits per heavy atom. The smallest absolute Gasteiger partial charge is 0.243 e. The first-order valence-corrected chi connectivity index (χ1v) is 4.70. The third-order valence-electron chi connectivity index (χ3n) is 1.59. The van der Waals surface area contributed by atoms with Crippen LogP contribution in [0.2, 0.25) is 0 Å². The summed E-state index contributed by atoms with van der Waals surface area (Å²) >= 11 is 0. The Labute approximate surface area is 81.0 Å². The van der Waals surface area contributed by atoms with E-state index < -0.39 is 0 Å². The highest BCUT2D eigenvalue weighted by molar-refractivity contribution is 5.87. The van der Waals surface area contributed by atoms with Crippen molar-refractivity contribution >= 4 is 5.91 Å². The molecule has 0 rings (SSSR count). The van der Waals surface area contributed by atoms with Gasteiger partial charge >= 0.3 is 0 Å². The highest BCUT2D eigenvalue weighted by Crippen LogP contribution is 1.86. The summed E-state index contributed by atoms with van der Waals surface area (Å²) in [6.45, 7) is 3.69. The predicted molar refractivity (Wildman–Crippen MR) is 55.3 cm³/mol. The monoisotopic (exact) mass is 185 g/mol. The van der Waals surface area contributed by atoms with Gasteiger partial charge in [0.15, 0.2) is 0 Å². The molecule has 1 N–H and O–H groups in total. The molecule has 0 aromatic carbocycles. The summed E-state index contributed by atoms with van der Waals surface area (Å²) in [5.74, 6) is 0.00954. The van der Waals surface area contributed by atoms with Gasteiger partial charge in [-0.15, -0.1) is 0 Å². The van der Waals surface area contributed by atoms with E-state index in [0.29, 0.717) is 0 Å². The van der Waals surface area contributed by atoms with Gasteiger partial charge in [0.25, 0.3) is 0 Å². The highest BCUT2D eigenvalue weighted by atomic mass is 16.1. The van der Waals surface area contributed by atoms with Gasteiger partial charge in [0, 0.05) is 0 Å². The van der Waals surface area contributed by atoms with E-state index in [4.69, 9.17) is 0 Å². The fraction of sp³-hybridized carbons (Fsp3) is 0.700. The number of nitrogens with one attached hydrogen (secondary N) is 1. The lowest BCUT2D eigenvalue weighted by atomic mass is 10.4. The summed E-state index contributed by atoms with van der Waals surface area (Å²) in [6.07, 6.45) is 4.36. The number of quaternary nitrogens is 1. The number of rotatable bonds is 5. The number of likely N-dealkylation sites (N-methyl/N-ethyl adjacent to an activating group) is 1. The fourth-order valence-electron chi connectivity index (χ4n) is 0.798. The number of hydrogen-bond acceptors (Lipinski definition) is 1. The first kappa shape index (κ1) is 12.2. The highest BCUT2D eigenvalue weighted by Gasteiger charge is 2.05. The lowest BCUT2D eigenvalue weighted by Gasteiger charge is -2.23. The zero-order valence-electron chi connectivity index (χ0n) is 9.13. The quantitative estimate of drug-likeness (QED) is 0.497. The van der Waals surface area contributed by atoms with Crippen molar-refractivity contribution in [3.05, 3.63) is 12.2 Å². The standard InChI is InChI=1S/C10H20N2O/c1-5-6-7-10(13)11-8-9-12(2,3)4/h6-7H,5,8-9H2,1-4H3/p+1. The Morgan fingerprint density at radius 3 is 2.46 bits per heavy atom. The normalized spacial score (nSPS) is 12.0. The number of carbonyl (C=O) groups is 1. The van der Waals surface area contributed by atoms with Crippen LogP contribution in [0.3, 0.4) is 0 Å². The molecule has 0 aliphatic carbocycles. The van der Waals surface area contributed by atoms with Gasteiger partial charge in [-0.3, -0.25) is 4.79 Å². The molecule has 13 heavy (non-hydrogen) atoms. The molecule has 3 nitrogen and oxygen atoms in total. The van der Waals surface area contributed by atoms with Gasteiger partial charge in [0.2, 0.25) is 5.91 Å². The summed E-state index contributed by atoms with van der Waals surface area (Å²) in [4.78, 5) is 11.1. The lowest BCUT2D eigenvalue weighted by Crippen LogP contribution is -2.41. The van der Waals surface area contributed by atoms with Crippen LogP contribution >= 0.6 is 0 Å². The molecule has 3 heteroatoms. The largest absolute Gasteiger partial charge is 0.347 e. The number of hydrogen-bond donors (Lipinski definition) is 1. The van der Waals surface area contributed by atoms with Gasteiger partial charge in [0.05, 0.1) is 34.2 Å². The molecule has 1 amide bonds. The Balaban J connectivity index is 3.54. The first-order chi connectivity index (χ1) is 5.95. The Kier molecular flexibility index (Phi) is 5.39. The van der Waals surface area contributed by atoms with Crippen molar-refractivity contribution in [2.45, 2.75) is 13.3 Å². The van der Waals surface area contributed by atoms with Gasteiger partial charge in [-0.1, -0.05) is 13.0 Å². The molecular formula is C10H21N2O+. The molecule has 76 valence electrons. The molecule has 0 bridgehead atoms. The molecule has 0 aliphatic heterocycles. The van der Waals surface area contributed by atoms with Crippen molar-refractivity contribution in [1.29, 1.82) is 0 Å². The topological polar surface area (TPSA) is 29.1 Å². The maximum absolute atomic E-state index is 11.1. The van der Waals surface area contributed by atoms with E-state index in [-0.39, 0.29) is 5.91 Å². The molecule has 0 aromatic heterocycles. The lowest BCUT2D eigenvalue weighted by molar-refractivity contribution is -0.869. The van der Waals surface area contributed by atoms with Crippen molar-refractivity contribution in [3.8, 4) is 0 Å². The van der Waals surface area contributed by atoms with Crippen molar-refractivity contribution in [1.82, 2.24) is 5.32 Å². The molecule has 0 radical (unpaired) electrons. The van der Waals surface area contributed by atoms with E-state index in [1.807, 2.05) is 13.0 Å². The van der Waals surface area contributed by atoms with Crippen LogP contribution in [0.15, 0.2) is 12.2 Å². The second-order valence-electron chi connectivity index (χ2n) is 4.12. The summed E-state index contributed by atoms with van der Waals surface area (Å²) in [5.41, 5.74) is 0. The van der Waals surface area contributed by atoms with Crippen LogP contribution in [-0.2, 0) is 4.79 Å². The van der Waals surface area contributed by atoms with Gasteiger partial charge in [-0.2, -0.15) is 0 Å². The number of amides is 1. The van der Waals surface area contributed by atoms with Crippen LogP contribution in [0.25, 0.3) is 0 Å². The third kappa shape index (κ3) is 9.08. The van der Waals surface area contributed by atoms with Crippen molar-refractivity contribution in [3.63, 3.8) is 0 Å². The minimum atomic E-state index is 0.00954. The zero-order valence-corrected chi connectivity index (χ0v) is 9.13. The van der Waals surface area contributed by atoms with E-state index >= 15 is 0 Å². The van der Waals surface area contributed by atoms with Crippen LogP contribution in [0.5, 0.6) is 0 Å². The molecule has 0 heterocycles. The van der Waals surface area contributed by atoms with E-state index in [9.17, 15) is 4.79 Å².